The van der Waals surface area contributed by atoms with Crippen LogP contribution in [0.25, 0.3) is 10.9 Å². The van der Waals surface area contributed by atoms with E-state index in [1.807, 2.05) is 30.3 Å². The molecule has 1 saturated carbocycles. The lowest BCUT2D eigenvalue weighted by Gasteiger charge is -2.25. The molecule has 35 heavy (non-hydrogen) atoms. The fraction of sp³-hybridized carbons (Fsp3) is 0.222. The van der Waals surface area contributed by atoms with Crippen molar-refractivity contribution in [1.82, 2.24) is 9.97 Å². The maximum Gasteiger partial charge on any atom is 0.426 e. The van der Waals surface area contributed by atoms with E-state index in [1.54, 1.807) is 42.5 Å². The first kappa shape index (κ1) is 23.4. The van der Waals surface area contributed by atoms with Crippen LogP contribution >= 0.6 is 23.2 Å². The number of amides is 1. The van der Waals surface area contributed by atoms with E-state index < -0.39 is 6.09 Å². The molecule has 0 bridgehead atoms. The van der Waals surface area contributed by atoms with Gasteiger partial charge in [-0.2, -0.15) is 4.98 Å². The number of anilines is 3. The molecule has 1 fully saturated rings. The van der Waals surface area contributed by atoms with E-state index in [4.69, 9.17) is 37.9 Å². The summed E-state index contributed by atoms with van der Waals surface area (Å²) in [4.78, 5) is 24.3. The molecule has 0 radical (unpaired) electrons. The van der Waals surface area contributed by atoms with Crippen molar-refractivity contribution in [3.05, 3.63) is 82.8 Å². The topological polar surface area (TPSA) is 67.3 Å². The maximum absolute atomic E-state index is 13.5. The quantitative estimate of drug-likeness (QED) is 0.296. The Labute approximate surface area is 213 Å². The number of ether oxygens (including phenoxy) is 1. The smallest absolute Gasteiger partial charge is 0.410 e. The minimum atomic E-state index is -0.673. The molecule has 0 atom stereocenters. The van der Waals surface area contributed by atoms with Crippen LogP contribution < -0.4 is 15.0 Å². The van der Waals surface area contributed by atoms with Gasteiger partial charge in [0, 0.05) is 21.5 Å². The van der Waals surface area contributed by atoms with Crippen LogP contribution in [0.3, 0.4) is 0 Å². The highest BCUT2D eigenvalue weighted by atomic mass is 35.5. The third-order valence-corrected chi connectivity index (χ3v) is 6.41. The Balaban J connectivity index is 1.61. The zero-order chi connectivity index (χ0) is 24.2. The van der Waals surface area contributed by atoms with E-state index in [0.29, 0.717) is 38.9 Å². The monoisotopic (exact) mass is 506 g/mol. The van der Waals surface area contributed by atoms with Crippen LogP contribution in [0, 0.1) is 0 Å². The van der Waals surface area contributed by atoms with Crippen molar-refractivity contribution >= 4 is 57.7 Å². The van der Waals surface area contributed by atoms with Crippen LogP contribution in [0.15, 0.2) is 72.8 Å². The van der Waals surface area contributed by atoms with Gasteiger partial charge in [-0.25, -0.2) is 14.7 Å². The van der Waals surface area contributed by atoms with E-state index >= 15 is 0 Å². The van der Waals surface area contributed by atoms with Gasteiger partial charge in [-0.05, 0) is 55.3 Å². The number of hydrogen-bond donors (Lipinski definition) is 1. The highest BCUT2D eigenvalue weighted by molar-refractivity contribution is 6.35. The summed E-state index contributed by atoms with van der Waals surface area (Å²) in [6.45, 7) is 0. The van der Waals surface area contributed by atoms with Crippen LogP contribution in [-0.2, 0) is 0 Å². The fourth-order valence-electron chi connectivity index (χ4n) is 4.32. The molecule has 0 unspecified atom stereocenters. The van der Waals surface area contributed by atoms with Crippen molar-refractivity contribution in [3.8, 4) is 5.75 Å². The van der Waals surface area contributed by atoms with Crippen LogP contribution in [0.5, 0.6) is 5.75 Å². The van der Waals surface area contributed by atoms with Crippen molar-refractivity contribution in [1.29, 1.82) is 0 Å². The summed E-state index contributed by atoms with van der Waals surface area (Å²) in [7, 11) is 0. The molecule has 0 spiro atoms. The molecular formula is C27H24Cl2N4O2. The number of benzene rings is 3. The minimum absolute atomic E-state index is 0.168. The van der Waals surface area contributed by atoms with Gasteiger partial charge in [0.05, 0.1) is 11.2 Å². The number of nitrogens with zero attached hydrogens (tertiary/aromatic N) is 3. The van der Waals surface area contributed by atoms with Gasteiger partial charge in [0.2, 0.25) is 5.95 Å². The summed E-state index contributed by atoms with van der Waals surface area (Å²) in [6, 6.07) is 21.8. The summed E-state index contributed by atoms with van der Waals surface area (Å²) in [5.74, 6) is 1.25. The van der Waals surface area contributed by atoms with Crippen molar-refractivity contribution < 1.29 is 9.53 Å². The highest BCUT2D eigenvalue weighted by Crippen LogP contribution is 2.33. The molecule has 0 aliphatic heterocycles. The lowest BCUT2D eigenvalue weighted by molar-refractivity contribution is 0.210. The van der Waals surface area contributed by atoms with Gasteiger partial charge < -0.3 is 10.1 Å². The normalized spacial score (nSPS) is 14.0. The summed E-state index contributed by atoms with van der Waals surface area (Å²) in [5, 5.41) is 5.25. The molecule has 6 nitrogen and oxygen atoms in total. The number of carbonyl (C=O) groups excluding carboxylic acids is 1. The molecule has 178 valence electrons. The van der Waals surface area contributed by atoms with Crippen molar-refractivity contribution in [2.75, 3.05) is 10.2 Å². The summed E-state index contributed by atoms with van der Waals surface area (Å²) < 4.78 is 5.67. The predicted molar refractivity (Wildman–Crippen MR) is 141 cm³/mol. The van der Waals surface area contributed by atoms with Gasteiger partial charge in [-0.3, -0.25) is 0 Å². The molecule has 1 aromatic heterocycles. The maximum atomic E-state index is 13.5. The SMILES string of the molecule is O=C(Oc1ccccc1)N(c1cc(Cl)cc(Cl)c1)c1nc(NC2CCCCC2)c2ccccc2n1. The van der Waals surface area contributed by atoms with Gasteiger partial charge in [-0.15, -0.1) is 0 Å². The molecule has 1 amide bonds. The predicted octanol–water partition coefficient (Wildman–Crippen LogP) is 8.02. The van der Waals surface area contributed by atoms with Crippen molar-refractivity contribution in [2.45, 2.75) is 38.1 Å². The molecule has 4 aromatic rings. The Bertz CT molecular complexity index is 1320. The fourth-order valence-corrected chi connectivity index (χ4v) is 4.84. The van der Waals surface area contributed by atoms with Crippen LogP contribution in [0.2, 0.25) is 10.0 Å². The average molecular weight is 507 g/mol. The Morgan fingerprint density at radius 3 is 2.31 bits per heavy atom. The lowest BCUT2D eigenvalue weighted by atomic mass is 9.95. The summed E-state index contributed by atoms with van der Waals surface area (Å²) in [5.41, 5.74) is 1.11. The third-order valence-electron chi connectivity index (χ3n) is 5.97. The molecule has 5 rings (SSSR count). The lowest BCUT2D eigenvalue weighted by Crippen LogP contribution is -2.31. The van der Waals surface area contributed by atoms with Crippen LogP contribution in [0.4, 0.5) is 22.2 Å². The third kappa shape index (κ3) is 5.50. The second-order valence-corrected chi connectivity index (χ2v) is 9.39. The van der Waals surface area contributed by atoms with Gasteiger partial charge in [0.1, 0.15) is 11.6 Å². The number of hydrogen-bond acceptors (Lipinski definition) is 5. The molecule has 1 heterocycles. The standard InChI is InChI=1S/C27H24Cl2N4O2/c28-18-15-19(29)17-21(16-18)33(27(34)35-22-11-5-2-6-12-22)26-31-24-14-8-7-13-23(24)25(32-26)30-20-9-3-1-4-10-20/h2,5-8,11-17,20H,1,3-4,9-10H2,(H,30,31,32). The first-order valence-electron chi connectivity index (χ1n) is 11.6. The minimum Gasteiger partial charge on any atom is -0.410 e. The van der Waals surface area contributed by atoms with E-state index in [-0.39, 0.29) is 5.95 Å². The van der Waals surface area contributed by atoms with E-state index in [1.165, 1.54) is 24.2 Å². The van der Waals surface area contributed by atoms with E-state index in [0.717, 1.165) is 18.2 Å². The van der Waals surface area contributed by atoms with Crippen LogP contribution in [0.1, 0.15) is 32.1 Å². The Kier molecular flexibility index (Phi) is 7.02. The number of rotatable bonds is 5. The zero-order valence-corrected chi connectivity index (χ0v) is 20.5. The van der Waals surface area contributed by atoms with Crippen molar-refractivity contribution in [3.63, 3.8) is 0 Å². The average Bonchev–Trinajstić information content (AvgIpc) is 2.85. The van der Waals surface area contributed by atoms with Crippen LogP contribution in [-0.4, -0.2) is 22.1 Å². The molecular weight excluding hydrogens is 483 g/mol. The second kappa shape index (κ2) is 10.5. The first-order chi connectivity index (χ1) is 17.1. The number of aromatic nitrogens is 2. The van der Waals surface area contributed by atoms with E-state index in [2.05, 4.69) is 5.32 Å². The Morgan fingerprint density at radius 2 is 1.57 bits per heavy atom. The Morgan fingerprint density at radius 1 is 0.886 bits per heavy atom. The molecule has 0 saturated heterocycles. The molecule has 8 heteroatoms. The molecule has 3 aromatic carbocycles. The highest BCUT2D eigenvalue weighted by Gasteiger charge is 2.26. The van der Waals surface area contributed by atoms with Gasteiger partial charge in [0.15, 0.2) is 0 Å². The number of halogens is 2. The molecule has 1 N–H and O–H groups in total. The summed E-state index contributed by atoms with van der Waals surface area (Å²) in [6.07, 6.45) is 5.11. The number of carbonyl (C=O) groups is 1. The van der Waals surface area contributed by atoms with Gasteiger partial charge >= 0.3 is 6.09 Å². The zero-order valence-electron chi connectivity index (χ0n) is 19.0. The Hall–Kier alpha value is -3.35. The van der Waals surface area contributed by atoms with Crippen molar-refractivity contribution in [2.24, 2.45) is 0 Å². The van der Waals surface area contributed by atoms with Gasteiger partial charge in [0.25, 0.3) is 0 Å². The number of para-hydroxylation sites is 2. The number of nitrogens with one attached hydrogen (secondary N) is 1. The first-order valence-corrected chi connectivity index (χ1v) is 12.4. The largest absolute Gasteiger partial charge is 0.426 e. The van der Waals surface area contributed by atoms with Gasteiger partial charge in [-0.1, -0.05) is 72.8 Å². The second-order valence-electron chi connectivity index (χ2n) is 8.51. The molecule has 1 aliphatic carbocycles. The van der Waals surface area contributed by atoms with E-state index in [9.17, 15) is 4.79 Å². The number of fused-ring (bicyclic) bond motifs is 1. The summed E-state index contributed by atoms with van der Waals surface area (Å²) >= 11 is 12.6. The molecule has 1 aliphatic rings.